The van der Waals surface area contributed by atoms with Crippen molar-refractivity contribution in [3.05, 3.63) is 29.6 Å². The maximum atomic E-state index is 13.5. The highest BCUT2D eigenvalue weighted by molar-refractivity contribution is 5.58. The van der Waals surface area contributed by atoms with Crippen LogP contribution in [-0.2, 0) is 0 Å². The Bertz CT molecular complexity index is 519. The van der Waals surface area contributed by atoms with Gasteiger partial charge in [-0.1, -0.05) is 18.9 Å². The average molecular weight is 286 g/mol. The van der Waals surface area contributed by atoms with Gasteiger partial charge in [-0.05, 0) is 25.0 Å². The number of anilines is 1. The number of rotatable bonds is 2. The average Bonchev–Trinajstić information content (AvgIpc) is 2.38. The first-order chi connectivity index (χ1) is 9.43. The van der Waals surface area contributed by atoms with Crippen LogP contribution in [-0.4, -0.2) is 12.2 Å². The number of halogens is 4. The molecule has 0 heterocycles. The third-order valence-corrected chi connectivity index (χ3v) is 3.65. The minimum absolute atomic E-state index is 0.0678. The second kappa shape index (κ2) is 5.70. The smallest absolute Gasteiger partial charge is 0.381 e. The van der Waals surface area contributed by atoms with Crippen LogP contribution in [0.1, 0.15) is 31.2 Å². The van der Waals surface area contributed by atoms with E-state index in [9.17, 15) is 17.6 Å². The highest BCUT2D eigenvalue weighted by atomic mass is 19.4. The largest absolute Gasteiger partial charge is 0.393 e. The van der Waals surface area contributed by atoms with Gasteiger partial charge >= 0.3 is 6.18 Å². The van der Waals surface area contributed by atoms with Gasteiger partial charge in [0.15, 0.2) is 0 Å². The number of hydrogen-bond donors (Lipinski definition) is 1. The summed E-state index contributed by atoms with van der Waals surface area (Å²) in [5, 5.41) is 11.6. The van der Waals surface area contributed by atoms with Crippen molar-refractivity contribution in [1.82, 2.24) is 0 Å². The molecule has 2 rings (SSSR count). The van der Waals surface area contributed by atoms with Crippen LogP contribution in [0.5, 0.6) is 0 Å². The van der Waals surface area contributed by atoms with Gasteiger partial charge in [0, 0.05) is 6.04 Å². The van der Waals surface area contributed by atoms with Crippen LogP contribution in [0.25, 0.3) is 0 Å². The fourth-order valence-corrected chi connectivity index (χ4v) is 2.65. The second-order valence-electron chi connectivity index (χ2n) is 4.96. The Labute approximate surface area is 114 Å². The first-order valence-electron chi connectivity index (χ1n) is 6.45. The Balaban J connectivity index is 2.24. The fourth-order valence-electron chi connectivity index (χ4n) is 2.65. The first kappa shape index (κ1) is 14.6. The predicted octanol–water partition coefficient (Wildman–Crippen LogP) is 4.23. The van der Waals surface area contributed by atoms with Crippen LogP contribution in [0.4, 0.5) is 23.2 Å². The topological polar surface area (TPSA) is 35.8 Å². The van der Waals surface area contributed by atoms with E-state index in [1.807, 2.05) is 0 Å². The molecule has 1 aromatic rings. The molecule has 6 heteroatoms. The molecule has 0 aliphatic heterocycles. The van der Waals surface area contributed by atoms with Crippen molar-refractivity contribution < 1.29 is 17.6 Å². The molecule has 0 saturated heterocycles. The predicted molar refractivity (Wildman–Crippen MR) is 66.5 cm³/mol. The van der Waals surface area contributed by atoms with Crippen molar-refractivity contribution in [3.63, 3.8) is 0 Å². The Kier molecular flexibility index (Phi) is 4.17. The molecule has 108 valence electrons. The highest BCUT2D eigenvalue weighted by Crippen LogP contribution is 2.39. The van der Waals surface area contributed by atoms with Crippen molar-refractivity contribution in [2.45, 2.75) is 37.9 Å². The lowest BCUT2D eigenvalue weighted by atomic mass is 9.83. The van der Waals surface area contributed by atoms with Crippen LogP contribution in [0.2, 0.25) is 0 Å². The molecule has 1 aromatic carbocycles. The van der Waals surface area contributed by atoms with Gasteiger partial charge in [0.2, 0.25) is 0 Å². The summed E-state index contributed by atoms with van der Waals surface area (Å²) in [4.78, 5) is 0. The fraction of sp³-hybridized carbons (Fsp3) is 0.500. The van der Waals surface area contributed by atoms with Gasteiger partial charge in [0.1, 0.15) is 17.4 Å². The van der Waals surface area contributed by atoms with Gasteiger partial charge in [0.25, 0.3) is 0 Å². The Hall–Kier alpha value is -1.77. The third-order valence-electron chi connectivity index (χ3n) is 3.65. The molecule has 1 N–H and O–H groups in total. The van der Waals surface area contributed by atoms with E-state index in [0.29, 0.717) is 19.3 Å². The van der Waals surface area contributed by atoms with Gasteiger partial charge in [-0.25, -0.2) is 4.39 Å². The van der Waals surface area contributed by atoms with E-state index in [4.69, 9.17) is 5.26 Å². The van der Waals surface area contributed by atoms with Gasteiger partial charge in [-0.2, -0.15) is 18.4 Å². The zero-order valence-corrected chi connectivity index (χ0v) is 10.7. The summed E-state index contributed by atoms with van der Waals surface area (Å²) in [6.45, 7) is 0. The van der Waals surface area contributed by atoms with Crippen LogP contribution >= 0.6 is 0 Å². The molecule has 0 bridgehead atoms. The van der Waals surface area contributed by atoms with Crippen LogP contribution in [0.15, 0.2) is 18.2 Å². The van der Waals surface area contributed by atoms with Gasteiger partial charge < -0.3 is 5.32 Å². The molecule has 2 unspecified atom stereocenters. The van der Waals surface area contributed by atoms with Gasteiger partial charge in [0.05, 0.1) is 11.6 Å². The Morgan fingerprint density at radius 1 is 1.20 bits per heavy atom. The number of hydrogen-bond acceptors (Lipinski definition) is 2. The lowest BCUT2D eigenvalue weighted by molar-refractivity contribution is -0.184. The monoisotopic (exact) mass is 286 g/mol. The molecule has 1 aliphatic carbocycles. The van der Waals surface area contributed by atoms with Crippen LogP contribution < -0.4 is 5.32 Å². The van der Waals surface area contributed by atoms with Gasteiger partial charge in [-0.15, -0.1) is 0 Å². The lowest BCUT2D eigenvalue weighted by Gasteiger charge is -2.34. The van der Waals surface area contributed by atoms with Crippen molar-refractivity contribution in [1.29, 1.82) is 5.26 Å². The van der Waals surface area contributed by atoms with E-state index in [2.05, 4.69) is 5.32 Å². The van der Waals surface area contributed by atoms with E-state index in [0.717, 1.165) is 6.07 Å². The second-order valence-corrected chi connectivity index (χ2v) is 4.96. The summed E-state index contributed by atoms with van der Waals surface area (Å²) in [6.07, 6.45) is -2.61. The maximum Gasteiger partial charge on any atom is 0.393 e. The van der Waals surface area contributed by atoms with E-state index < -0.39 is 24.0 Å². The summed E-state index contributed by atoms with van der Waals surface area (Å²) < 4.78 is 52.4. The zero-order chi connectivity index (χ0) is 14.8. The van der Waals surface area contributed by atoms with E-state index >= 15 is 0 Å². The maximum absolute atomic E-state index is 13.5. The molecule has 0 spiro atoms. The molecule has 20 heavy (non-hydrogen) atoms. The number of benzene rings is 1. The molecule has 1 fully saturated rings. The molecule has 1 aliphatic rings. The van der Waals surface area contributed by atoms with Crippen molar-refractivity contribution in [3.8, 4) is 6.07 Å². The minimum atomic E-state index is -4.28. The molecule has 0 amide bonds. The van der Waals surface area contributed by atoms with Gasteiger partial charge in [-0.3, -0.25) is 0 Å². The van der Waals surface area contributed by atoms with Crippen LogP contribution in [0.3, 0.4) is 0 Å². The molecule has 2 atom stereocenters. The number of nitriles is 1. The Morgan fingerprint density at radius 3 is 2.55 bits per heavy atom. The standard InChI is InChI=1S/C14H14F4N2/c15-11-5-3-7-12(9(11)8-19)20-13-6-2-1-4-10(13)14(16,17)18/h3,5,7,10,13,20H,1-2,4,6H2. The number of nitrogens with one attached hydrogen (secondary N) is 1. The van der Waals surface area contributed by atoms with Crippen LogP contribution in [0, 0.1) is 23.1 Å². The van der Waals surface area contributed by atoms with Crippen molar-refractivity contribution >= 4 is 5.69 Å². The summed E-state index contributed by atoms with van der Waals surface area (Å²) in [7, 11) is 0. The summed E-state index contributed by atoms with van der Waals surface area (Å²) >= 11 is 0. The summed E-state index contributed by atoms with van der Waals surface area (Å²) in [5.41, 5.74) is -0.104. The van der Waals surface area contributed by atoms with E-state index in [-0.39, 0.29) is 17.7 Å². The molecule has 1 saturated carbocycles. The quantitative estimate of drug-likeness (QED) is 0.826. The van der Waals surface area contributed by atoms with Crippen molar-refractivity contribution in [2.75, 3.05) is 5.32 Å². The molecule has 0 aromatic heterocycles. The number of nitrogens with zero attached hydrogens (tertiary/aromatic N) is 1. The SMILES string of the molecule is N#Cc1c(F)cccc1NC1CCCCC1C(F)(F)F. The molecule has 2 nitrogen and oxygen atoms in total. The highest BCUT2D eigenvalue weighted by Gasteiger charge is 2.45. The molecular formula is C14H14F4N2. The van der Waals surface area contributed by atoms with E-state index in [1.54, 1.807) is 6.07 Å². The van der Waals surface area contributed by atoms with Crippen molar-refractivity contribution in [2.24, 2.45) is 5.92 Å². The Morgan fingerprint density at radius 2 is 1.90 bits per heavy atom. The minimum Gasteiger partial charge on any atom is -0.381 e. The third kappa shape index (κ3) is 3.03. The molecule has 0 radical (unpaired) electrons. The first-order valence-corrected chi connectivity index (χ1v) is 6.45. The zero-order valence-electron chi connectivity index (χ0n) is 10.7. The summed E-state index contributed by atoms with van der Waals surface area (Å²) in [5.74, 6) is -2.18. The normalized spacial score (nSPS) is 23.1. The molecular weight excluding hydrogens is 272 g/mol. The lowest BCUT2D eigenvalue weighted by Crippen LogP contribution is -2.41. The summed E-state index contributed by atoms with van der Waals surface area (Å²) in [6, 6.07) is 4.81. The number of alkyl halides is 3. The van der Waals surface area contributed by atoms with E-state index in [1.165, 1.54) is 12.1 Å².